The Bertz CT molecular complexity index is 2500. The number of benzene rings is 2. The van der Waals surface area contributed by atoms with Crippen molar-refractivity contribution in [1.29, 1.82) is 0 Å². The van der Waals surface area contributed by atoms with Crippen molar-refractivity contribution in [3.8, 4) is 0 Å². The summed E-state index contributed by atoms with van der Waals surface area (Å²) in [4.78, 5) is 26.9. The molecule has 58 heavy (non-hydrogen) atoms. The van der Waals surface area contributed by atoms with E-state index in [0.717, 1.165) is 72.6 Å². The second-order valence-corrected chi connectivity index (χ2v) is 16.1. The number of hydrogen-bond donors (Lipinski definition) is 0. The third-order valence-electron chi connectivity index (χ3n) is 10.2. The summed E-state index contributed by atoms with van der Waals surface area (Å²) >= 11 is 1.78. The largest absolute Gasteiger partial charge is 0.438 e. The molecular formula is C50H56N6OS. The maximum Gasteiger partial charge on any atom is 0.227 e. The van der Waals surface area contributed by atoms with Gasteiger partial charge >= 0.3 is 0 Å². The molecule has 298 valence electrons. The first-order valence-electron chi connectivity index (χ1n) is 19.6. The summed E-state index contributed by atoms with van der Waals surface area (Å²) in [6, 6.07) is 27.3. The van der Waals surface area contributed by atoms with Crippen LogP contribution in [0.1, 0.15) is 79.1 Å². The van der Waals surface area contributed by atoms with E-state index in [9.17, 15) is 0 Å². The average molecular weight is 789 g/mol. The summed E-state index contributed by atoms with van der Waals surface area (Å²) in [5.41, 5.74) is 16.9. The highest BCUT2D eigenvalue weighted by Crippen LogP contribution is 2.33. The number of rotatable bonds is 0. The molecule has 2 aromatic carbocycles. The smallest absolute Gasteiger partial charge is 0.227 e. The van der Waals surface area contributed by atoms with E-state index in [0.29, 0.717) is 0 Å². The highest BCUT2D eigenvalue weighted by Gasteiger charge is 2.08. The van der Waals surface area contributed by atoms with Crippen LogP contribution in [0.25, 0.3) is 42.4 Å². The zero-order valence-corrected chi connectivity index (χ0v) is 37.4. The van der Waals surface area contributed by atoms with Gasteiger partial charge in [0.1, 0.15) is 16.2 Å². The second kappa shape index (κ2) is 19.1. The van der Waals surface area contributed by atoms with Crippen molar-refractivity contribution < 1.29 is 4.42 Å². The van der Waals surface area contributed by atoms with Crippen LogP contribution in [0.15, 0.2) is 89.5 Å². The molecule has 8 heteroatoms. The third kappa shape index (κ3) is 11.0. The molecule has 0 aliphatic heterocycles. The molecule has 9 aromatic rings. The SMILES string of the molecule is Cc1cc(C)c(C)c(C)n1.Cc1ccc2c(c1)oc1nc(C)ccc12.Cc1ccc2c(c1)sc1nc(C)ccc12.Cc1cccnc1C.Cc1nc(C)c(C)c(C)n1. The average Bonchev–Trinajstić information content (AvgIpc) is 3.70. The molecule has 0 aliphatic carbocycles. The Balaban J connectivity index is 0.000000141. The fourth-order valence-corrected chi connectivity index (χ4v) is 7.52. The van der Waals surface area contributed by atoms with Crippen LogP contribution in [-0.4, -0.2) is 29.9 Å². The minimum absolute atomic E-state index is 0.732. The van der Waals surface area contributed by atoms with Crippen molar-refractivity contribution >= 4 is 53.7 Å². The lowest BCUT2D eigenvalue weighted by Gasteiger charge is -2.03. The fraction of sp³-hybridized carbons (Fsp3) is 0.280. The maximum atomic E-state index is 5.70. The number of aryl methyl sites for hydroxylation is 12. The first kappa shape index (κ1) is 43.3. The van der Waals surface area contributed by atoms with E-state index in [1.54, 1.807) is 11.3 Å². The molecule has 7 heterocycles. The molecule has 7 aromatic heterocycles. The molecule has 0 atom stereocenters. The van der Waals surface area contributed by atoms with Crippen LogP contribution >= 0.6 is 11.3 Å². The van der Waals surface area contributed by atoms with Crippen molar-refractivity contribution in [2.45, 2.75) is 96.9 Å². The molecule has 0 unspecified atom stereocenters. The molecular weight excluding hydrogens is 733 g/mol. The lowest BCUT2D eigenvalue weighted by molar-refractivity contribution is 0.652. The van der Waals surface area contributed by atoms with Crippen LogP contribution in [0.5, 0.6) is 0 Å². The van der Waals surface area contributed by atoms with Crippen molar-refractivity contribution in [2.75, 3.05) is 0 Å². The zero-order chi connectivity index (χ0) is 42.3. The van der Waals surface area contributed by atoms with Crippen molar-refractivity contribution in [3.05, 3.63) is 164 Å². The summed E-state index contributed by atoms with van der Waals surface area (Å²) in [5.74, 6) is 0.862. The monoisotopic (exact) mass is 788 g/mol. The van der Waals surface area contributed by atoms with Crippen molar-refractivity contribution in [1.82, 2.24) is 29.9 Å². The summed E-state index contributed by atoms with van der Waals surface area (Å²) in [5, 5.41) is 4.84. The number of aromatic nitrogens is 6. The number of pyridine rings is 4. The molecule has 0 radical (unpaired) electrons. The van der Waals surface area contributed by atoms with Crippen LogP contribution in [0, 0.1) is 96.9 Å². The summed E-state index contributed by atoms with van der Waals surface area (Å²) < 4.78 is 7.04. The van der Waals surface area contributed by atoms with Gasteiger partial charge < -0.3 is 4.42 Å². The number of furan rings is 1. The molecule has 0 saturated heterocycles. The highest BCUT2D eigenvalue weighted by molar-refractivity contribution is 7.25. The van der Waals surface area contributed by atoms with Gasteiger partial charge in [0.25, 0.3) is 0 Å². The molecule has 0 bridgehead atoms. The quantitative estimate of drug-likeness (QED) is 0.151. The van der Waals surface area contributed by atoms with E-state index in [4.69, 9.17) is 4.42 Å². The van der Waals surface area contributed by atoms with Gasteiger partial charge in [-0.05, 0) is 179 Å². The van der Waals surface area contributed by atoms with Crippen LogP contribution in [0.2, 0.25) is 0 Å². The van der Waals surface area contributed by atoms with Gasteiger partial charge in [0.05, 0.1) is 0 Å². The van der Waals surface area contributed by atoms with Gasteiger partial charge in [-0.15, -0.1) is 11.3 Å². The summed E-state index contributed by atoms with van der Waals surface area (Å²) in [6.07, 6.45) is 1.81. The molecule has 0 amide bonds. The van der Waals surface area contributed by atoms with Crippen molar-refractivity contribution in [2.24, 2.45) is 0 Å². The zero-order valence-electron chi connectivity index (χ0n) is 36.6. The molecule has 0 aliphatic rings. The Morgan fingerprint density at radius 1 is 0.448 bits per heavy atom. The molecule has 9 rings (SSSR count). The summed E-state index contributed by atoms with van der Waals surface area (Å²) in [7, 11) is 0. The van der Waals surface area contributed by atoms with Gasteiger partial charge in [0.2, 0.25) is 5.71 Å². The normalized spacial score (nSPS) is 10.6. The van der Waals surface area contributed by atoms with Gasteiger partial charge in [0.15, 0.2) is 0 Å². The first-order valence-corrected chi connectivity index (χ1v) is 20.4. The molecule has 0 saturated carbocycles. The maximum absolute atomic E-state index is 5.70. The lowest BCUT2D eigenvalue weighted by atomic mass is 10.1. The highest BCUT2D eigenvalue weighted by atomic mass is 32.1. The Morgan fingerprint density at radius 2 is 1.03 bits per heavy atom. The topological polar surface area (TPSA) is 90.5 Å². The fourth-order valence-electron chi connectivity index (χ4n) is 6.30. The first-order chi connectivity index (χ1) is 27.5. The second-order valence-electron chi connectivity index (χ2n) is 15.1. The number of fused-ring (bicyclic) bond motifs is 6. The van der Waals surface area contributed by atoms with Gasteiger partial charge in [-0.25, -0.2) is 19.9 Å². The molecule has 0 fully saturated rings. The molecule has 0 spiro atoms. The molecule has 7 nitrogen and oxygen atoms in total. The standard InChI is InChI=1S/C13H11NO.C13H11NS.C9H13N.C8H12N2.C7H9N/c2*1-8-3-5-10-11-6-4-9(2)14-13(11)15-12(10)7-8;1-6-5-7(2)10-9(4)8(6)3;1-5-6(2)9-8(4)10-7(5)3;1-6-4-3-5-8-7(6)2/h2*3-7H,1-2H3;5H,1-4H3;1-4H3;3-5H,1-2H3. The van der Waals surface area contributed by atoms with E-state index in [1.807, 2.05) is 79.8 Å². The minimum Gasteiger partial charge on any atom is -0.438 e. The number of thiophene rings is 1. The van der Waals surface area contributed by atoms with Gasteiger partial charge in [0, 0.05) is 72.3 Å². The predicted octanol–water partition coefficient (Wildman–Crippen LogP) is 13.4. The summed E-state index contributed by atoms with van der Waals surface area (Å²) in [6.45, 7) is 28.6. The van der Waals surface area contributed by atoms with E-state index in [1.165, 1.54) is 48.9 Å². The number of nitrogens with zero attached hydrogens (tertiary/aromatic N) is 6. The minimum atomic E-state index is 0.732. The predicted molar refractivity (Wildman–Crippen MR) is 245 cm³/mol. The Kier molecular flexibility index (Phi) is 14.2. The van der Waals surface area contributed by atoms with Gasteiger partial charge in [-0.2, -0.15) is 0 Å². The Labute approximate surface area is 347 Å². The van der Waals surface area contributed by atoms with E-state index >= 15 is 0 Å². The number of hydrogen-bond acceptors (Lipinski definition) is 8. The van der Waals surface area contributed by atoms with Crippen LogP contribution in [-0.2, 0) is 0 Å². The van der Waals surface area contributed by atoms with Gasteiger partial charge in [-0.1, -0.05) is 30.3 Å². The van der Waals surface area contributed by atoms with Gasteiger partial charge in [-0.3, -0.25) is 9.97 Å². The van der Waals surface area contributed by atoms with E-state index in [2.05, 4.69) is 132 Å². The van der Waals surface area contributed by atoms with Crippen molar-refractivity contribution in [3.63, 3.8) is 0 Å². The van der Waals surface area contributed by atoms with Crippen LogP contribution in [0.4, 0.5) is 0 Å². The Hall–Kier alpha value is -5.86. The van der Waals surface area contributed by atoms with E-state index < -0.39 is 0 Å². The van der Waals surface area contributed by atoms with Crippen LogP contribution in [0.3, 0.4) is 0 Å². The van der Waals surface area contributed by atoms with Crippen LogP contribution < -0.4 is 0 Å². The Morgan fingerprint density at radius 3 is 1.66 bits per heavy atom. The molecule has 0 N–H and O–H groups in total. The van der Waals surface area contributed by atoms with E-state index in [-0.39, 0.29) is 0 Å². The third-order valence-corrected chi connectivity index (χ3v) is 11.2. The lowest BCUT2D eigenvalue weighted by Crippen LogP contribution is -1.97.